The first-order chi connectivity index (χ1) is 14.1. The number of esters is 1. The van der Waals surface area contributed by atoms with Gasteiger partial charge in [-0.15, -0.1) is 0 Å². The lowest BCUT2D eigenvalue weighted by atomic mass is 9.80. The topological polar surface area (TPSA) is 92.8 Å². The number of fused-ring (bicyclic) bond motifs is 1. The Morgan fingerprint density at radius 3 is 2.52 bits per heavy atom. The normalized spacial score (nSPS) is 17.1. The molecule has 2 aromatic carbocycles. The third-order valence-electron chi connectivity index (χ3n) is 5.32. The van der Waals surface area contributed by atoms with Crippen molar-refractivity contribution in [1.29, 1.82) is 0 Å². The molecule has 4 N–H and O–H groups in total. The monoisotopic (exact) mass is 397 g/mol. The third kappa shape index (κ3) is 6.16. The van der Waals surface area contributed by atoms with Crippen LogP contribution in [0.5, 0.6) is 0 Å². The van der Waals surface area contributed by atoms with Gasteiger partial charge in [-0.25, -0.2) is 0 Å². The van der Waals surface area contributed by atoms with Crippen molar-refractivity contribution in [3.8, 4) is 0 Å². The van der Waals surface area contributed by atoms with Gasteiger partial charge in [0.1, 0.15) is 6.61 Å². The van der Waals surface area contributed by atoms with E-state index in [9.17, 15) is 4.79 Å². The molecule has 0 aliphatic heterocycles. The zero-order valence-electron chi connectivity index (χ0n) is 17.4. The Hall–Kier alpha value is -2.15. The fourth-order valence-electron chi connectivity index (χ4n) is 3.99. The van der Waals surface area contributed by atoms with E-state index in [4.69, 9.17) is 20.5 Å². The lowest BCUT2D eigenvalue weighted by molar-refractivity contribution is -0.148. The predicted octanol–water partition coefficient (Wildman–Crippen LogP) is 3.42. The van der Waals surface area contributed by atoms with E-state index in [1.807, 2.05) is 62.4 Å². The molecule has 0 spiro atoms. The molecule has 1 aliphatic carbocycles. The van der Waals surface area contributed by atoms with Crippen molar-refractivity contribution in [1.82, 2.24) is 0 Å². The first kappa shape index (κ1) is 23.1. The van der Waals surface area contributed by atoms with Crippen molar-refractivity contribution in [3.05, 3.63) is 70.8 Å². The number of ether oxygens (including phenoxy) is 1. The molecule has 0 fully saturated rings. The molecule has 156 valence electrons. The van der Waals surface area contributed by atoms with Gasteiger partial charge in [0, 0.05) is 6.54 Å². The lowest BCUT2D eigenvalue weighted by Crippen LogP contribution is -2.21. The second kappa shape index (κ2) is 11.8. The van der Waals surface area contributed by atoms with Crippen LogP contribution in [0, 0.1) is 5.92 Å². The number of nitrogens with two attached hydrogens (primary N) is 1. The summed E-state index contributed by atoms with van der Waals surface area (Å²) in [4.78, 5) is 12.9. The van der Waals surface area contributed by atoms with E-state index < -0.39 is 7.12 Å². The van der Waals surface area contributed by atoms with Crippen molar-refractivity contribution in [2.75, 3.05) is 0 Å². The van der Waals surface area contributed by atoms with Crippen LogP contribution in [0.1, 0.15) is 54.9 Å². The van der Waals surface area contributed by atoms with E-state index in [1.165, 1.54) is 0 Å². The molecule has 0 saturated heterocycles. The maximum atomic E-state index is 12.9. The number of benzene rings is 2. The molecule has 0 aromatic heterocycles. The van der Waals surface area contributed by atoms with Gasteiger partial charge in [0.05, 0.1) is 5.92 Å². The molecule has 0 bridgehead atoms. The fourth-order valence-corrected chi connectivity index (χ4v) is 3.99. The van der Waals surface area contributed by atoms with E-state index >= 15 is 0 Å². The van der Waals surface area contributed by atoms with Gasteiger partial charge in [-0.3, -0.25) is 4.79 Å². The average molecular weight is 397 g/mol. The number of rotatable bonds is 8. The van der Waals surface area contributed by atoms with Crippen LogP contribution in [0.2, 0.25) is 6.32 Å². The molecular weight excluding hydrogens is 365 g/mol. The highest BCUT2D eigenvalue weighted by molar-refractivity contribution is 6.40. The van der Waals surface area contributed by atoms with Crippen LogP contribution < -0.4 is 5.73 Å². The van der Waals surface area contributed by atoms with Crippen LogP contribution in [0.3, 0.4) is 0 Å². The minimum Gasteiger partial charge on any atom is -0.460 e. The van der Waals surface area contributed by atoms with Crippen LogP contribution in [0.15, 0.2) is 48.5 Å². The summed E-state index contributed by atoms with van der Waals surface area (Å²) < 4.78 is 5.63. The summed E-state index contributed by atoms with van der Waals surface area (Å²) in [5.41, 5.74) is 10.1. The molecule has 0 amide bonds. The zero-order valence-corrected chi connectivity index (χ0v) is 17.4. The van der Waals surface area contributed by atoms with Gasteiger partial charge in [-0.2, -0.15) is 0 Å². The lowest BCUT2D eigenvalue weighted by Gasteiger charge is -2.19. The van der Waals surface area contributed by atoms with Crippen molar-refractivity contribution in [2.45, 2.75) is 58.5 Å². The highest BCUT2D eigenvalue weighted by atomic mass is 16.5. The van der Waals surface area contributed by atoms with Gasteiger partial charge >= 0.3 is 13.1 Å². The standard InChI is InChI=1S/C21H26BNO4.C2H6/c23-13-17-8-4-10-18-19(17)12-16(9-5-11-22(25)26)20(18)21(24)27-14-15-6-2-1-3-7-15;1-2/h1-4,6-8,10,16,20,25-26H,5,9,11-14,23H2;1-2H3. The Morgan fingerprint density at radius 1 is 1.14 bits per heavy atom. The number of carbonyl (C=O) groups is 1. The Labute approximate surface area is 174 Å². The summed E-state index contributed by atoms with van der Waals surface area (Å²) in [7, 11) is -1.31. The SMILES string of the molecule is CC.NCc1cccc2c1CC(CCCB(O)O)C2C(=O)OCc1ccccc1. The summed E-state index contributed by atoms with van der Waals surface area (Å²) in [5.74, 6) is -0.456. The highest BCUT2D eigenvalue weighted by Gasteiger charge is 2.39. The van der Waals surface area contributed by atoms with Gasteiger partial charge in [-0.1, -0.05) is 68.8 Å². The molecule has 2 aromatic rings. The summed E-state index contributed by atoms with van der Waals surface area (Å²) in [6.07, 6.45) is 2.47. The number of hydrogen-bond acceptors (Lipinski definition) is 5. The largest absolute Gasteiger partial charge is 0.460 e. The van der Waals surface area contributed by atoms with E-state index in [1.54, 1.807) is 0 Å². The predicted molar refractivity (Wildman–Crippen MR) is 116 cm³/mol. The van der Waals surface area contributed by atoms with Crippen LogP contribution in [-0.2, 0) is 29.1 Å². The number of hydrogen-bond donors (Lipinski definition) is 3. The Kier molecular flexibility index (Phi) is 9.38. The molecular formula is C23H32BNO4. The molecule has 0 heterocycles. The molecule has 2 atom stereocenters. The summed E-state index contributed by atoms with van der Waals surface area (Å²) in [6.45, 7) is 4.70. The molecule has 29 heavy (non-hydrogen) atoms. The Morgan fingerprint density at radius 2 is 1.86 bits per heavy atom. The van der Waals surface area contributed by atoms with Crippen LogP contribution in [0.25, 0.3) is 0 Å². The first-order valence-electron chi connectivity index (χ1n) is 10.5. The van der Waals surface area contributed by atoms with E-state index in [0.717, 1.165) is 35.1 Å². The van der Waals surface area contributed by atoms with Crippen molar-refractivity contribution < 1.29 is 19.6 Å². The fraction of sp³-hybridized carbons (Fsp3) is 0.435. The van der Waals surface area contributed by atoms with E-state index in [-0.39, 0.29) is 24.4 Å². The van der Waals surface area contributed by atoms with Gasteiger partial charge in [-0.05, 0) is 47.3 Å². The molecule has 0 radical (unpaired) electrons. The minimum absolute atomic E-state index is 0.0923. The van der Waals surface area contributed by atoms with Crippen molar-refractivity contribution >= 4 is 13.1 Å². The molecule has 6 heteroatoms. The summed E-state index contributed by atoms with van der Waals surface area (Å²) >= 11 is 0. The second-order valence-electron chi connectivity index (χ2n) is 7.14. The summed E-state index contributed by atoms with van der Waals surface area (Å²) in [6, 6.07) is 15.6. The highest BCUT2D eigenvalue weighted by Crippen LogP contribution is 2.43. The Balaban J connectivity index is 0.00000145. The number of carbonyl (C=O) groups excluding carboxylic acids is 1. The maximum absolute atomic E-state index is 12.9. The molecule has 1 aliphatic rings. The third-order valence-corrected chi connectivity index (χ3v) is 5.32. The van der Waals surface area contributed by atoms with E-state index in [2.05, 4.69) is 0 Å². The van der Waals surface area contributed by atoms with E-state index in [0.29, 0.717) is 19.3 Å². The van der Waals surface area contributed by atoms with Crippen molar-refractivity contribution in [2.24, 2.45) is 11.7 Å². The van der Waals surface area contributed by atoms with Gasteiger partial charge in [0.15, 0.2) is 0 Å². The van der Waals surface area contributed by atoms with Gasteiger partial charge in [0.25, 0.3) is 0 Å². The van der Waals surface area contributed by atoms with Crippen LogP contribution in [-0.4, -0.2) is 23.1 Å². The minimum atomic E-state index is -1.31. The smallest absolute Gasteiger partial charge is 0.451 e. The molecule has 2 unspecified atom stereocenters. The molecule has 5 nitrogen and oxygen atoms in total. The second-order valence-corrected chi connectivity index (χ2v) is 7.14. The van der Waals surface area contributed by atoms with Crippen LogP contribution >= 0.6 is 0 Å². The first-order valence-corrected chi connectivity index (χ1v) is 10.5. The van der Waals surface area contributed by atoms with Crippen molar-refractivity contribution in [3.63, 3.8) is 0 Å². The quantitative estimate of drug-likeness (QED) is 0.469. The van der Waals surface area contributed by atoms with Gasteiger partial charge < -0.3 is 20.5 Å². The maximum Gasteiger partial charge on any atom is 0.451 e. The van der Waals surface area contributed by atoms with Gasteiger partial charge in [0.2, 0.25) is 0 Å². The average Bonchev–Trinajstić information content (AvgIpc) is 3.12. The van der Waals surface area contributed by atoms with Crippen LogP contribution in [0.4, 0.5) is 0 Å². The molecule has 3 rings (SSSR count). The zero-order chi connectivity index (χ0) is 21.2. The Bertz CT molecular complexity index is 767. The molecule has 0 saturated carbocycles. The summed E-state index contributed by atoms with van der Waals surface area (Å²) in [5, 5.41) is 18.2.